The quantitative estimate of drug-likeness (QED) is 0.858. The largest absolute Gasteiger partial charge is 0.481 e. The Bertz CT molecular complexity index is 383. The monoisotopic (exact) mass is 235 g/mol. The number of rotatable bonds is 4. The van der Waals surface area contributed by atoms with Gasteiger partial charge >= 0.3 is 0 Å². The Kier molecular flexibility index (Phi) is 3.52. The van der Waals surface area contributed by atoms with Gasteiger partial charge in [0.2, 0.25) is 5.88 Å². The minimum absolute atomic E-state index is 0.366. The van der Waals surface area contributed by atoms with Crippen LogP contribution >= 0.6 is 0 Å². The zero-order chi connectivity index (χ0) is 12.3. The molecule has 17 heavy (non-hydrogen) atoms. The van der Waals surface area contributed by atoms with Crippen LogP contribution in [0, 0.1) is 5.41 Å². The summed E-state index contributed by atoms with van der Waals surface area (Å²) in [5.74, 6) is 0.685. The van der Waals surface area contributed by atoms with E-state index in [0.29, 0.717) is 11.3 Å². The highest BCUT2D eigenvalue weighted by Crippen LogP contribution is 2.33. The standard InChI is InChI=1S/C13H21N3O/c1-13(9-14-2)5-7-16(10-13)11-4-6-15-12(8-11)17-3/h4,6,8,14H,5,7,9-10H2,1-3H3. The Hall–Kier alpha value is -1.29. The molecule has 2 rings (SSSR count). The van der Waals surface area contributed by atoms with Gasteiger partial charge in [-0.05, 0) is 24.9 Å². The van der Waals surface area contributed by atoms with Crippen LogP contribution in [-0.4, -0.2) is 38.8 Å². The molecule has 94 valence electrons. The molecule has 1 aliphatic heterocycles. The van der Waals surface area contributed by atoms with Gasteiger partial charge in [-0.15, -0.1) is 0 Å². The number of pyridine rings is 1. The van der Waals surface area contributed by atoms with Gasteiger partial charge < -0.3 is 15.0 Å². The summed E-state index contributed by atoms with van der Waals surface area (Å²) in [4.78, 5) is 6.55. The zero-order valence-corrected chi connectivity index (χ0v) is 10.9. The van der Waals surface area contributed by atoms with Crippen molar-refractivity contribution in [2.45, 2.75) is 13.3 Å². The number of hydrogen-bond donors (Lipinski definition) is 1. The molecule has 1 atom stereocenters. The molecule has 4 nitrogen and oxygen atoms in total. The van der Waals surface area contributed by atoms with Crippen LogP contribution in [0.25, 0.3) is 0 Å². The number of hydrogen-bond acceptors (Lipinski definition) is 4. The Morgan fingerprint density at radius 1 is 1.59 bits per heavy atom. The fraction of sp³-hybridized carbons (Fsp3) is 0.615. The van der Waals surface area contributed by atoms with E-state index in [1.807, 2.05) is 25.4 Å². The van der Waals surface area contributed by atoms with Crippen molar-refractivity contribution >= 4 is 5.69 Å². The zero-order valence-electron chi connectivity index (χ0n) is 10.9. The van der Waals surface area contributed by atoms with Crippen molar-refractivity contribution in [1.82, 2.24) is 10.3 Å². The van der Waals surface area contributed by atoms with Crippen LogP contribution in [0.15, 0.2) is 18.3 Å². The highest BCUT2D eigenvalue weighted by Gasteiger charge is 2.33. The van der Waals surface area contributed by atoms with E-state index in [2.05, 4.69) is 22.1 Å². The number of nitrogens with one attached hydrogen (secondary N) is 1. The molecule has 2 heterocycles. The molecule has 1 aromatic rings. The van der Waals surface area contributed by atoms with Crippen LogP contribution in [0.5, 0.6) is 5.88 Å². The average molecular weight is 235 g/mol. The lowest BCUT2D eigenvalue weighted by Crippen LogP contribution is -2.33. The smallest absolute Gasteiger partial charge is 0.214 e. The molecule has 4 heteroatoms. The fourth-order valence-corrected chi connectivity index (χ4v) is 2.52. The molecule has 1 aliphatic rings. The number of methoxy groups -OCH3 is 1. The normalized spacial score (nSPS) is 24.1. The van der Waals surface area contributed by atoms with E-state index in [-0.39, 0.29) is 0 Å². The van der Waals surface area contributed by atoms with Crippen molar-refractivity contribution in [3.63, 3.8) is 0 Å². The highest BCUT2D eigenvalue weighted by atomic mass is 16.5. The van der Waals surface area contributed by atoms with Gasteiger partial charge in [0.15, 0.2) is 0 Å². The third-order valence-electron chi connectivity index (χ3n) is 3.45. The molecule has 0 spiro atoms. The Labute approximate surface area is 103 Å². The topological polar surface area (TPSA) is 37.4 Å². The predicted octanol–water partition coefficient (Wildman–Crippen LogP) is 1.53. The molecule has 0 saturated carbocycles. The van der Waals surface area contributed by atoms with Gasteiger partial charge in [-0.25, -0.2) is 4.98 Å². The molecule has 0 aromatic carbocycles. The summed E-state index contributed by atoms with van der Waals surface area (Å²) in [5, 5.41) is 3.28. The Morgan fingerprint density at radius 2 is 2.41 bits per heavy atom. The first-order valence-corrected chi connectivity index (χ1v) is 6.06. The van der Waals surface area contributed by atoms with E-state index < -0.39 is 0 Å². The molecule has 1 fully saturated rings. The molecule has 0 amide bonds. The molecule has 1 unspecified atom stereocenters. The van der Waals surface area contributed by atoms with Crippen LogP contribution in [0.3, 0.4) is 0 Å². The van der Waals surface area contributed by atoms with Gasteiger partial charge in [-0.3, -0.25) is 0 Å². The summed E-state index contributed by atoms with van der Waals surface area (Å²) in [7, 11) is 3.67. The summed E-state index contributed by atoms with van der Waals surface area (Å²) in [6.45, 7) is 5.58. The van der Waals surface area contributed by atoms with Gasteiger partial charge in [0, 0.05) is 37.6 Å². The first-order chi connectivity index (χ1) is 8.17. The SMILES string of the molecule is CNCC1(C)CCN(c2ccnc(OC)c2)C1. The maximum atomic E-state index is 5.16. The lowest BCUT2D eigenvalue weighted by Gasteiger charge is -2.25. The summed E-state index contributed by atoms with van der Waals surface area (Å²) in [6, 6.07) is 4.05. The Balaban J connectivity index is 2.09. The van der Waals surface area contributed by atoms with E-state index in [4.69, 9.17) is 4.74 Å². The van der Waals surface area contributed by atoms with Crippen molar-refractivity contribution in [2.24, 2.45) is 5.41 Å². The summed E-state index contributed by atoms with van der Waals surface area (Å²) in [6.07, 6.45) is 3.03. The van der Waals surface area contributed by atoms with Gasteiger partial charge in [0.1, 0.15) is 0 Å². The molecule has 0 aliphatic carbocycles. The van der Waals surface area contributed by atoms with Gasteiger partial charge in [-0.1, -0.05) is 6.92 Å². The third-order valence-corrected chi connectivity index (χ3v) is 3.45. The second-order valence-electron chi connectivity index (χ2n) is 5.07. The Morgan fingerprint density at radius 3 is 3.12 bits per heavy atom. The maximum absolute atomic E-state index is 5.16. The van der Waals surface area contributed by atoms with Gasteiger partial charge in [0.25, 0.3) is 0 Å². The molecule has 0 bridgehead atoms. The second-order valence-corrected chi connectivity index (χ2v) is 5.07. The fourth-order valence-electron chi connectivity index (χ4n) is 2.52. The number of aromatic nitrogens is 1. The van der Waals surface area contributed by atoms with E-state index in [9.17, 15) is 0 Å². The maximum Gasteiger partial charge on any atom is 0.214 e. The van der Waals surface area contributed by atoms with Gasteiger partial charge in [0.05, 0.1) is 7.11 Å². The third kappa shape index (κ3) is 2.69. The van der Waals surface area contributed by atoms with Crippen molar-refractivity contribution in [3.8, 4) is 5.88 Å². The lowest BCUT2D eigenvalue weighted by atomic mass is 9.90. The van der Waals surface area contributed by atoms with E-state index in [1.54, 1.807) is 7.11 Å². The number of ether oxygens (including phenoxy) is 1. The van der Waals surface area contributed by atoms with Crippen LogP contribution in [0.1, 0.15) is 13.3 Å². The van der Waals surface area contributed by atoms with Crippen molar-refractivity contribution < 1.29 is 4.74 Å². The van der Waals surface area contributed by atoms with Crippen LogP contribution in [0.4, 0.5) is 5.69 Å². The number of nitrogens with zero attached hydrogens (tertiary/aromatic N) is 2. The summed E-state index contributed by atoms with van der Waals surface area (Å²) < 4.78 is 5.16. The second kappa shape index (κ2) is 4.92. The first kappa shape index (κ1) is 12.2. The number of anilines is 1. The first-order valence-electron chi connectivity index (χ1n) is 6.06. The minimum atomic E-state index is 0.366. The van der Waals surface area contributed by atoms with E-state index >= 15 is 0 Å². The van der Waals surface area contributed by atoms with Crippen molar-refractivity contribution in [2.75, 3.05) is 38.7 Å². The van der Waals surface area contributed by atoms with E-state index in [1.165, 1.54) is 12.1 Å². The molecular formula is C13H21N3O. The van der Waals surface area contributed by atoms with Crippen molar-refractivity contribution in [3.05, 3.63) is 18.3 Å². The van der Waals surface area contributed by atoms with Gasteiger partial charge in [-0.2, -0.15) is 0 Å². The molecule has 1 aromatic heterocycles. The molecule has 1 saturated heterocycles. The molecule has 1 N–H and O–H groups in total. The van der Waals surface area contributed by atoms with Crippen LogP contribution in [0.2, 0.25) is 0 Å². The average Bonchev–Trinajstić information content (AvgIpc) is 2.72. The predicted molar refractivity (Wildman–Crippen MR) is 69.7 cm³/mol. The highest BCUT2D eigenvalue weighted by molar-refractivity contribution is 5.49. The molecule has 0 radical (unpaired) electrons. The summed E-state index contributed by atoms with van der Waals surface area (Å²) in [5.41, 5.74) is 1.57. The molecular weight excluding hydrogens is 214 g/mol. The lowest BCUT2D eigenvalue weighted by molar-refractivity contribution is 0.356. The minimum Gasteiger partial charge on any atom is -0.481 e. The van der Waals surface area contributed by atoms with Crippen molar-refractivity contribution in [1.29, 1.82) is 0 Å². The van der Waals surface area contributed by atoms with Crippen LogP contribution < -0.4 is 15.0 Å². The van der Waals surface area contributed by atoms with E-state index in [0.717, 1.165) is 19.6 Å². The summed E-state index contributed by atoms with van der Waals surface area (Å²) >= 11 is 0. The van der Waals surface area contributed by atoms with Crippen LogP contribution in [-0.2, 0) is 0 Å².